The summed E-state index contributed by atoms with van der Waals surface area (Å²) in [6.07, 6.45) is 2.42. The van der Waals surface area contributed by atoms with Crippen LogP contribution in [0.5, 0.6) is 5.75 Å². The number of carbonyl (C=O) groups excluding carboxylic acids is 1. The highest BCUT2D eigenvalue weighted by Crippen LogP contribution is 2.13. The molecule has 0 bridgehead atoms. The summed E-state index contributed by atoms with van der Waals surface area (Å²) in [5.41, 5.74) is 4.81. The molecule has 0 fully saturated rings. The number of aromatic nitrogens is 1. The summed E-state index contributed by atoms with van der Waals surface area (Å²) in [5, 5.41) is 4.18. The normalized spacial score (nSPS) is 11.2. The molecule has 2 aromatic rings. The van der Waals surface area contributed by atoms with Gasteiger partial charge in [-0.1, -0.05) is 6.92 Å². The molecule has 5 nitrogen and oxygen atoms in total. The summed E-state index contributed by atoms with van der Waals surface area (Å²) in [6, 6.07) is 11.0. The predicted octanol–water partition coefficient (Wildman–Crippen LogP) is 2.57. The van der Waals surface area contributed by atoms with E-state index >= 15 is 0 Å². The molecule has 0 aliphatic carbocycles. The Balaban J connectivity index is 2.10. The second kappa shape index (κ2) is 6.56. The molecule has 1 heterocycles. The zero-order valence-corrected chi connectivity index (χ0v) is 11.5. The molecule has 0 spiro atoms. The van der Waals surface area contributed by atoms with Crippen molar-refractivity contribution in [2.24, 2.45) is 5.10 Å². The third kappa shape index (κ3) is 3.26. The van der Waals surface area contributed by atoms with E-state index in [9.17, 15) is 4.79 Å². The lowest BCUT2D eigenvalue weighted by molar-refractivity contribution is 0.0950. The van der Waals surface area contributed by atoms with Gasteiger partial charge in [0.1, 0.15) is 11.4 Å². The molecule has 0 radical (unpaired) electrons. The largest absolute Gasteiger partial charge is 0.497 e. The third-order valence-electron chi connectivity index (χ3n) is 2.89. The molecule has 0 saturated carbocycles. The van der Waals surface area contributed by atoms with E-state index in [0.29, 0.717) is 5.69 Å². The number of hydrazone groups is 1. The molecule has 5 heteroatoms. The van der Waals surface area contributed by atoms with Gasteiger partial charge in [-0.25, -0.2) is 5.43 Å². The van der Waals surface area contributed by atoms with Crippen LogP contribution in [0.15, 0.2) is 47.7 Å². The van der Waals surface area contributed by atoms with Crippen LogP contribution < -0.4 is 10.2 Å². The Kier molecular flexibility index (Phi) is 4.55. The van der Waals surface area contributed by atoms with E-state index in [1.165, 1.54) is 0 Å². The van der Waals surface area contributed by atoms with Crippen LogP contribution in [0, 0.1) is 0 Å². The van der Waals surface area contributed by atoms with Gasteiger partial charge >= 0.3 is 0 Å². The number of ether oxygens (including phenoxy) is 1. The molecule has 1 amide bonds. The molecule has 20 heavy (non-hydrogen) atoms. The SMILES string of the molecule is CC/C(=N/NC(=O)c1ccc[nH]1)c1ccc(OC)cc1. The average Bonchev–Trinajstić information content (AvgIpc) is 3.02. The van der Waals surface area contributed by atoms with E-state index in [-0.39, 0.29) is 5.91 Å². The van der Waals surface area contributed by atoms with Gasteiger partial charge in [0.25, 0.3) is 5.91 Å². The van der Waals surface area contributed by atoms with Gasteiger partial charge in [0.05, 0.1) is 12.8 Å². The number of benzene rings is 1. The summed E-state index contributed by atoms with van der Waals surface area (Å²) in [7, 11) is 1.63. The van der Waals surface area contributed by atoms with Gasteiger partial charge in [-0.05, 0) is 48.4 Å². The number of hydrogen-bond acceptors (Lipinski definition) is 3. The fourth-order valence-electron chi connectivity index (χ4n) is 1.78. The van der Waals surface area contributed by atoms with Crippen LogP contribution in [-0.4, -0.2) is 23.7 Å². The molecule has 104 valence electrons. The van der Waals surface area contributed by atoms with Crippen LogP contribution in [0.3, 0.4) is 0 Å². The van der Waals surface area contributed by atoms with Gasteiger partial charge in [0.2, 0.25) is 0 Å². The number of amides is 1. The van der Waals surface area contributed by atoms with Crippen molar-refractivity contribution in [3.05, 3.63) is 53.9 Å². The maximum Gasteiger partial charge on any atom is 0.287 e. The van der Waals surface area contributed by atoms with Crippen molar-refractivity contribution in [3.8, 4) is 5.75 Å². The highest BCUT2D eigenvalue weighted by molar-refractivity contribution is 6.01. The highest BCUT2D eigenvalue weighted by Gasteiger charge is 2.06. The zero-order valence-electron chi connectivity index (χ0n) is 11.5. The van der Waals surface area contributed by atoms with Gasteiger partial charge < -0.3 is 9.72 Å². The first kappa shape index (κ1) is 13.9. The van der Waals surface area contributed by atoms with Gasteiger partial charge in [-0.2, -0.15) is 5.10 Å². The van der Waals surface area contributed by atoms with Crippen molar-refractivity contribution in [2.75, 3.05) is 7.11 Å². The molecule has 2 N–H and O–H groups in total. The molecule has 0 aliphatic heterocycles. The minimum atomic E-state index is -0.255. The summed E-state index contributed by atoms with van der Waals surface area (Å²) in [4.78, 5) is 14.6. The lowest BCUT2D eigenvalue weighted by atomic mass is 10.1. The van der Waals surface area contributed by atoms with Crippen LogP contribution in [0.1, 0.15) is 29.4 Å². The molecule has 0 aliphatic rings. The maximum absolute atomic E-state index is 11.8. The average molecular weight is 271 g/mol. The molecule has 1 aromatic heterocycles. The second-order valence-corrected chi connectivity index (χ2v) is 4.17. The van der Waals surface area contributed by atoms with E-state index < -0.39 is 0 Å². The fourth-order valence-corrected chi connectivity index (χ4v) is 1.78. The monoisotopic (exact) mass is 271 g/mol. The van der Waals surface area contributed by atoms with Crippen LogP contribution in [0.2, 0.25) is 0 Å². The standard InChI is InChI=1S/C15H17N3O2/c1-3-13(11-6-8-12(20-2)9-7-11)17-18-15(19)14-5-4-10-16-14/h4-10,16H,3H2,1-2H3,(H,18,19)/b17-13-. The van der Waals surface area contributed by atoms with Gasteiger partial charge in [-0.15, -0.1) is 0 Å². The maximum atomic E-state index is 11.8. The van der Waals surface area contributed by atoms with Crippen molar-refractivity contribution in [1.29, 1.82) is 0 Å². The number of rotatable bonds is 5. The van der Waals surface area contributed by atoms with E-state index in [2.05, 4.69) is 15.5 Å². The Morgan fingerprint density at radius 3 is 2.60 bits per heavy atom. The molecular weight excluding hydrogens is 254 g/mol. The van der Waals surface area contributed by atoms with Crippen molar-refractivity contribution in [1.82, 2.24) is 10.4 Å². The molecule has 2 rings (SSSR count). The Morgan fingerprint density at radius 1 is 1.30 bits per heavy atom. The lowest BCUT2D eigenvalue weighted by Gasteiger charge is -2.06. The lowest BCUT2D eigenvalue weighted by Crippen LogP contribution is -2.20. The number of aromatic amines is 1. The van der Waals surface area contributed by atoms with E-state index in [0.717, 1.165) is 23.4 Å². The summed E-state index contributed by atoms with van der Waals surface area (Å²) in [6.45, 7) is 1.99. The Hall–Kier alpha value is -2.56. The van der Waals surface area contributed by atoms with E-state index in [4.69, 9.17) is 4.74 Å². The predicted molar refractivity (Wildman–Crippen MR) is 78.1 cm³/mol. The summed E-state index contributed by atoms with van der Waals surface area (Å²) in [5.74, 6) is 0.536. The number of nitrogens with zero attached hydrogens (tertiary/aromatic N) is 1. The van der Waals surface area contributed by atoms with E-state index in [1.807, 2.05) is 31.2 Å². The van der Waals surface area contributed by atoms with Crippen LogP contribution in [0.4, 0.5) is 0 Å². The summed E-state index contributed by atoms with van der Waals surface area (Å²) < 4.78 is 5.12. The first-order valence-corrected chi connectivity index (χ1v) is 6.39. The van der Waals surface area contributed by atoms with Crippen molar-refractivity contribution >= 4 is 11.6 Å². The number of nitrogens with one attached hydrogen (secondary N) is 2. The quantitative estimate of drug-likeness (QED) is 0.648. The minimum Gasteiger partial charge on any atom is -0.497 e. The first-order chi connectivity index (χ1) is 9.74. The Labute approximate surface area is 117 Å². The third-order valence-corrected chi connectivity index (χ3v) is 2.89. The van der Waals surface area contributed by atoms with Crippen LogP contribution >= 0.6 is 0 Å². The number of hydrogen-bond donors (Lipinski definition) is 2. The molecule has 1 aromatic carbocycles. The Morgan fingerprint density at radius 2 is 2.05 bits per heavy atom. The van der Waals surface area contributed by atoms with Crippen molar-refractivity contribution < 1.29 is 9.53 Å². The van der Waals surface area contributed by atoms with Crippen LogP contribution in [-0.2, 0) is 0 Å². The second-order valence-electron chi connectivity index (χ2n) is 4.17. The topological polar surface area (TPSA) is 66.5 Å². The zero-order chi connectivity index (χ0) is 14.4. The van der Waals surface area contributed by atoms with Crippen molar-refractivity contribution in [3.63, 3.8) is 0 Å². The van der Waals surface area contributed by atoms with Gasteiger partial charge in [0, 0.05) is 6.20 Å². The smallest absolute Gasteiger partial charge is 0.287 e. The van der Waals surface area contributed by atoms with Crippen molar-refractivity contribution in [2.45, 2.75) is 13.3 Å². The number of carbonyl (C=O) groups is 1. The first-order valence-electron chi connectivity index (χ1n) is 6.39. The number of H-pyrrole nitrogens is 1. The molecule has 0 unspecified atom stereocenters. The molecule has 0 atom stereocenters. The minimum absolute atomic E-state index is 0.255. The fraction of sp³-hybridized carbons (Fsp3) is 0.200. The summed E-state index contributed by atoms with van der Waals surface area (Å²) >= 11 is 0. The van der Waals surface area contributed by atoms with Crippen LogP contribution in [0.25, 0.3) is 0 Å². The van der Waals surface area contributed by atoms with Gasteiger partial charge in [0.15, 0.2) is 0 Å². The highest BCUT2D eigenvalue weighted by atomic mass is 16.5. The van der Waals surface area contributed by atoms with E-state index in [1.54, 1.807) is 25.4 Å². The Bertz CT molecular complexity index is 586. The number of methoxy groups -OCH3 is 1. The van der Waals surface area contributed by atoms with Gasteiger partial charge in [-0.3, -0.25) is 4.79 Å². The molecule has 0 saturated heterocycles. The molecular formula is C15H17N3O2.